The van der Waals surface area contributed by atoms with E-state index in [-0.39, 0.29) is 0 Å². The number of benzene rings is 1. The Morgan fingerprint density at radius 1 is 1.05 bits per heavy atom. The molecular weight excluding hydrogens is 236 g/mol. The van der Waals surface area contributed by atoms with E-state index in [1.54, 1.807) is 6.20 Å². The number of aliphatic imine (C=N–C) groups is 1. The van der Waals surface area contributed by atoms with Crippen LogP contribution in [-0.2, 0) is 0 Å². The third kappa shape index (κ3) is 2.12. The van der Waals surface area contributed by atoms with Crippen LogP contribution >= 0.6 is 0 Å². The second-order valence-corrected chi connectivity index (χ2v) is 5.17. The number of hydrogen-bond acceptors (Lipinski definition) is 3. The topological polar surface area (TPSA) is 34.5 Å². The van der Waals surface area contributed by atoms with Crippen molar-refractivity contribution in [2.75, 3.05) is 0 Å². The monoisotopic (exact) mass is 252 g/mol. The summed E-state index contributed by atoms with van der Waals surface area (Å²) in [4.78, 5) is 9.20. The molecule has 2 heterocycles. The van der Waals surface area contributed by atoms with Crippen molar-refractivity contribution in [3.8, 4) is 5.75 Å². The van der Waals surface area contributed by atoms with E-state index in [9.17, 15) is 0 Å². The SMILES string of the molecule is Cc1cccnc1C1=NC(C)(C)Oc2ccccc21. The van der Waals surface area contributed by atoms with Crippen LogP contribution in [0.4, 0.5) is 0 Å². The van der Waals surface area contributed by atoms with Gasteiger partial charge in [0.2, 0.25) is 0 Å². The summed E-state index contributed by atoms with van der Waals surface area (Å²) in [7, 11) is 0. The number of rotatable bonds is 1. The Bertz CT molecular complexity index is 659. The summed E-state index contributed by atoms with van der Waals surface area (Å²) >= 11 is 0. The zero-order valence-electron chi connectivity index (χ0n) is 11.3. The van der Waals surface area contributed by atoms with E-state index in [0.29, 0.717) is 0 Å². The summed E-state index contributed by atoms with van der Waals surface area (Å²) in [6.45, 7) is 5.97. The van der Waals surface area contributed by atoms with Crippen molar-refractivity contribution < 1.29 is 4.74 Å². The highest BCUT2D eigenvalue weighted by Gasteiger charge is 2.29. The van der Waals surface area contributed by atoms with Crippen molar-refractivity contribution in [3.63, 3.8) is 0 Å². The van der Waals surface area contributed by atoms with Gasteiger partial charge in [0.25, 0.3) is 0 Å². The van der Waals surface area contributed by atoms with Crippen LogP contribution in [0, 0.1) is 6.92 Å². The van der Waals surface area contributed by atoms with Crippen LogP contribution < -0.4 is 4.74 Å². The summed E-state index contributed by atoms with van der Waals surface area (Å²) < 4.78 is 5.90. The third-order valence-corrected chi connectivity index (χ3v) is 3.12. The highest BCUT2D eigenvalue weighted by molar-refractivity contribution is 6.14. The summed E-state index contributed by atoms with van der Waals surface area (Å²) in [5.74, 6) is 0.863. The molecule has 3 heteroatoms. The minimum absolute atomic E-state index is 0.562. The van der Waals surface area contributed by atoms with Crippen molar-refractivity contribution >= 4 is 5.71 Å². The molecule has 0 fully saturated rings. The highest BCUT2D eigenvalue weighted by Crippen LogP contribution is 2.32. The lowest BCUT2D eigenvalue weighted by molar-refractivity contribution is 0.115. The van der Waals surface area contributed by atoms with Crippen LogP contribution in [0.1, 0.15) is 30.7 Å². The smallest absolute Gasteiger partial charge is 0.195 e. The van der Waals surface area contributed by atoms with E-state index in [1.807, 2.05) is 44.2 Å². The molecule has 0 bridgehead atoms. The molecule has 1 aliphatic heterocycles. The zero-order valence-corrected chi connectivity index (χ0v) is 11.3. The predicted molar refractivity (Wildman–Crippen MR) is 75.8 cm³/mol. The van der Waals surface area contributed by atoms with E-state index in [0.717, 1.165) is 28.3 Å². The Balaban J connectivity index is 2.24. The second kappa shape index (κ2) is 4.19. The molecule has 3 nitrogen and oxygen atoms in total. The van der Waals surface area contributed by atoms with E-state index in [4.69, 9.17) is 9.73 Å². The van der Waals surface area contributed by atoms with Gasteiger partial charge in [-0.15, -0.1) is 0 Å². The van der Waals surface area contributed by atoms with Crippen LogP contribution in [0.2, 0.25) is 0 Å². The first-order chi connectivity index (χ1) is 9.07. The number of para-hydroxylation sites is 1. The number of aromatic nitrogens is 1. The number of fused-ring (bicyclic) bond motifs is 1. The van der Waals surface area contributed by atoms with Gasteiger partial charge >= 0.3 is 0 Å². The minimum atomic E-state index is -0.562. The molecule has 19 heavy (non-hydrogen) atoms. The van der Waals surface area contributed by atoms with Gasteiger partial charge in [0, 0.05) is 11.8 Å². The van der Waals surface area contributed by atoms with Crippen molar-refractivity contribution in [3.05, 3.63) is 59.4 Å². The average molecular weight is 252 g/mol. The summed E-state index contributed by atoms with van der Waals surface area (Å²) in [5.41, 5.74) is 3.39. The van der Waals surface area contributed by atoms with Gasteiger partial charge in [-0.3, -0.25) is 4.98 Å². The summed E-state index contributed by atoms with van der Waals surface area (Å²) in [6, 6.07) is 12.0. The molecule has 96 valence electrons. The molecule has 0 amide bonds. The molecule has 1 aromatic carbocycles. The Morgan fingerprint density at radius 3 is 2.63 bits per heavy atom. The summed E-state index contributed by atoms with van der Waals surface area (Å²) in [6.07, 6.45) is 1.80. The zero-order chi connectivity index (χ0) is 13.5. The van der Waals surface area contributed by atoms with E-state index in [1.165, 1.54) is 0 Å². The first-order valence-electron chi connectivity index (χ1n) is 6.37. The van der Waals surface area contributed by atoms with Crippen molar-refractivity contribution in [1.82, 2.24) is 4.98 Å². The van der Waals surface area contributed by atoms with Gasteiger partial charge in [-0.25, -0.2) is 4.99 Å². The fourth-order valence-electron chi connectivity index (χ4n) is 2.29. The highest BCUT2D eigenvalue weighted by atomic mass is 16.5. The quantitative estimate of drug-likeness (QED) is 0.780. The van der Waals surface area contributed by atoms with Gasteiger partial charge in [-0.05, 0) is 44.5 Å². The number of aryl methyl sites for hydroxylation is 1. The van der Waals surface area contributed by atoms with Crippen LogP contribution in [0.15, 0.2) is 47.6 Å². The Hall–Kier alpha value is -2.16. The van der Waals surface area contributed by atoms with Crippen LogP contribution in [-0.4, -0.2) is 16.4 Å². The molecule has 0 radical (unpaired) electrons. The fraction of sp³-hybridized carbons (Fsp3) is 0.250. The third-order valence-electron chi connectivity index (χ3n) is 3.12. The maximum atomic E-state index is 5.90. The first kappa shape index (κ1) is 11.9. The molecule has 0 aliphatic carbocycles. The number of ether oxygens (including phenoxy) is 1. The molecule has 3 rings (SSSR count). The summed E-state index contributed by atoms with van der Waals surface area (Å²) in [5, 5.41) is 0. The van der Waals surface area contributed by atoms with Crippen LogP contribution in [0.3, 0.4) is 0 Å². The molecular formula is C16H16N2O. The minimum Gasteiger partial charge on any atom is -0.466 e. The van der Waals surface area contributed by atoms with Crippen LogP contribution in [0.25, 0.3) is 0 Å². The van der Waals surface area contributed by atoms with E-state index in [2.05, 4.69) is 18.0 Å². The molecule has 1 aliphatic rings. The maximum absolute atomic E-state index is 5.90. The predicted octanol–water partition coefficient (Wildman–Crippen LogP) is 3.36. The number of pyridine rings is 1. The first-order valence-corrected chi connectivity index (χ1v) is 6.37. The molecule has 0 unspecified atom stereocenters. The Morgan fingerprint density at radius 2 is 1.84 bits per heavy atom. The molecule has 0 spiro atoms. The number of hydrogen-bond donors (Lipinski definition) is 0. The van der Waals surface area contributed by atoms with Crippen LogP contribution in [0.5, 0.6) is 5.75 Å². The van der Waals surface area contributed by atoms with Crippen molar-refractivity contribution in [2.24, 2.45) is 4.99 Å². The lowest BCUT2D eigenvalue weighted by Gasteiger charge is -2.30. The largest absolute Gasteiger partial charge is 0.466 e. The fourth-order valence-corrected chi connectivity index (χ4v) is 2.29. The van der Waals surface area contributed by atoms with E-state index < -0.39 is 5.72 Å². The van der Waals surface area contributed by atoms with Gasteiger partial charge in [0.15, 0.2) is 5.72 Å². The van der Waals surface area contributed by atoms with Crippen molar-refractivity contribution in [2.45, 2.75) is 26.5 Å². The van der Waals surface area contributed by atoms with Gasteiger partial charge in [-0.1, -0.05) is 18.2 Å². The lowest BCUT2D eigenvalue weighted by atomic mass is 10.00. The van der Waals surface area contributed by atoms with Crippen molar-refractivity contribution in [1.29, 1.82) is 0 Å². The average Bonchev–Trinajstić information content (AvgIpc) is 2.37. The van der Waals surface area contributed by atoms with Gasteiger partial charge < -0.3 is 4.74 Å². The maximum Gasteiger partial charge on any atom is 0.195 e. The molecule has 2 aromatic rings. The molecule has 1 aromatic heterocycles. The molecule has 0 saturated heterocycles. The standard InChI is InChI=1S/C16H16N2O/c1-11-7-6-10-17-14(11)15-12-8-4-5-9-13(12)19-16(2,3)18-15/h4-10H,1-3H3. The molecule has 0 saturated carbocycles. The van der Waals surface area contributed by atoms with Gasteiger partial charge in [0.05, 0.1) is 11.4 Å². The second-order valence-electron chi connectivity index (χ2n) is 5.17. The van der Waals surface area contributed by atoms with E-state index >= 15 is 0 Å². The Labute approximate surface area is 113 Å². The molecule has 0 atom stereocenters. The molecule has 0 N–H and O–H groups in total. The normalized spacial score (nSPS) is 16.3. The number of nitrogens with zero attached hydrogens (tertiary/aromatic N) is 2. The van der Waals surface area contributed by atoms with Gasteiger partial charge in [0.1, 0.15) is 5.75 Å². The Kier molecular flexibility index (Phi) is 2.63. The lowest BCUT2D eigenvalue weighted by Crippen LogP contribution is -2.32. The van der Waals surface area contributed by atoms with Gasteiger partial charge in [-0.2, -0.15) is 0 Å².